The van der Waals surface area contributed by atoms with Crippen LogP contribution >= 0.6 is 0 Å². The predicted octanol–water partition coefficient (Wildman–Crippen LogP) is 0.832. The van der Waals surface area contributed by atoms with Crippen molar-refractivity contribution in [1.82, 2.24) is 29.7 Å². The first kappa shape index (κ1) is 17.6. The van der Waals surface area contributed by atoms with Crippen molar-refractivity contribution >= 4 is 5.91 Å². The van der Waals surface area contributed by atoms with Crippen molar-refractivity contribution in [3.8, 4) is 0 Å². The lowest BCUT2D eigenvalue weighted by atomic mass is 10.0. The van der Waals surface area contributed by atoms with E-state index in [0.29, 0.717) is 19.5 Å². The van der Waals surface area contributed by atoms with Gasteiger partial charge in [-0.25, -0.2) is 0 Å². The Hall–Kier alpha value is -2.22. The fourth-order valence-corrected chi connectivity index (χ4v) is 3.60. The largest absolute Gasteiger partial charge is 0.379 e. The maximum Gasteiger partial charge on any atom is 0.227 e. The summed E-state index contributed by atoms with van der Waals surface area (Å²) in [6, 6.07) is 0. The van der Waals surface area contributed by atoms with Gasteiger partial charge in [-0.2, -0.15) is 5.10 Å². The van der Waals surface area contributed by atoms with Gasteiger partial charge in [0.05, 0.1) is 29.8 Å². The van der Waals surface area contributed by atoms with Crippen molar-refractivity contribution in [3.05, 3.63) is 28.8 Å². The quantitative estimate of drug-likeness (QED) is 0.801. The van der Waals surface area contributed by atoms with Crippen LogP contribution in [-0.4, -0.2) is 61.9 Å². The van der Waals surface area contributed by atoms with Crippen LogP contribution in [0.4, 0.5) is 0 Å². The van der Waals surface area contributed by atoms with E-state index in [9.17, 15) is 4.79 Å². The number of hydrogen-bond acceptors (Lipinski definition) is 5. The molecule has 2 aromatic heterocycles. The van der Waals surface area contributed by atoms with Crippen LogP contribution in [0.3, 0.4) is 0 Å². The van der Waals surface area contributed by atoms with Crippen LogP contribution < -0.4 is 0 Å². The maximum atomic E-state index is 12.9. The van der Waals surface area contributed by atoms with E-state index in [2.05, 4.69) is 22.3 Å². The number of rotatable bonds is 5. The van der Waals surface area contributed by atoms with Gasteiger partial charge in [0.1, 0.15) is 0 Å². The Morgan fingerprint density at radius 1 is 1.36 bits per heavy atom. The van der Waals surface area contributed by atoms with Crippen LogP contribution in [0, 0.1) is 13.8 Å². The average molecular weight is 346 g/mol. The Kier molecular flexibility index (Phi) is 4.89. The number of carbonyl (C=O) groups is 1. The molecule has 0 saturated carbocycles. The molecule has 0 spiro atoms. The van der Waals surface area contributed by atoms with Crippen LogP contribution in [0.25, 0.3) is 0 Å². The fraction of sp³-hybridized carbons (Fsp3) is 0.647. The van der Waals surface area contributed by atoms with E-state index in [-0.39, 0.29) is 17.9 Å². The summed E-state index contributed by atoms with van der Waals surface area (Å²) >= 11 is 0. The first-order valence-electron chi connectivity index (χ1n) is 8.64. The highest BCUT2D eigenvalue weighted by atomic mass is 16.5. The molecule has 2 aromatic rings. The van der Waals surface area contributed by atoms with Gasteiger partial charge in [-0.1, -0.05) is 5.21 Å². The summed E-state index contributed by atoms with van der Waals surface area (Å²) in [6.07, 6.45) is 2.21. The molecule has 136 valence electrons. The lowest BCUT2D eigenvalue weighted by molar-refractivity contribution is -0.129. The molecule has 0 aromatic carbocycles. The maximum absolute atomic E-state index is 12.9. The molecule has 1 saturated heterocycles. The number of likely N-dealkylation sites (tertiary alicyclic amines) is 1. The Labute approximate surface area is 147 Å². The summed E-state index contributed by atoms with van der Waals surface area (Å²) in [5.74, 6) is 0.165. The number of hydrogen-bond donors (Lipinski definition) is 0. The highest BCUT2D eigenvalue weighted by Gasteiger charge is 2.38. The third-order valence-electron chi connectivity index (χ3n) is 5.08. The van der Waals surface area contributed by atoms with Gasteiger partial charge in [0.2, 0.25) is 5.91 Å². The van der Waals surface area contributed by atoms with E-state index < -0.39 is 0 Å². The van der Waals surface area contributed by atoms with E-state index in [0.717, 1.165) is 29.2 Å². The highest BCUT2D eigenvalue weighted by molar-refractivity contribution is 5.79. The van der Waals surface area contributed by atoms with Gasteiger partial charge < -0.3 is 9.64 Å². The topological polar surface area (TPSA) is 78.1 Å². The standard InChI is InChI=1S/C17H26N6O2/c1-6-23-12(3)13(11(2)19-23)7-17(24)22-8-14(16(10-22)25-5)15-9-21(4)20-18-15/h9,14,16H,6-8,10H2,1-5H3/t14-,16+/m0/s1. The van der Waals surface area contributed by atoms with Crippen molar-refractivity contribution in [1.29, 1.82) is 0 Å². The number of aromatic nitrogens is 5. The molecule has 8 heteroatoms. The third kappa shape index (κ3) is 3.30. The number of aryl methyl sites for hydroxylation is 3. The average Bonchev–Trinajstić information content (AvgIpc) is 3.27. The zero-order valence-corrected chi connectivity index (χ0v) is 15.6. The zero-order chi connectivity index (χ0) is 18.1. The van der Waals surface area contributed by atoms with Crippen LogP contribution in [0.1, 0.15) is 35.5 Å². The summed E-state index contributed by atoms with van der Waals surface area (Å²) in [6.45, 7) is 8.04. The molecule has 1 aliphatic heterocycles. The number of nitrogens with zero attached hydrogens (tertiary/aromatic N) is 6. The Balaban J connectivity index is 1.74. The van der Waals surface area contributed by atoms with Crippen LogP contribution in [-0.2, 0) is 29.5 Å². The second-order valence-corrected chi connectivity index (χ2v) is 6.64. The molecule has 3 heterocycles. The van der Waals surface area contributed by atoms with E-state index in [1.165, 1.54) is 0 Å². The summed E-state index contributed by atoms with van der Waals surface area (Å²) in [5.41, 5.74) is 3.90. The van der Waals surface area contributed by atoms with Gasteiger partial charge >= 0.3 is 0 Å². The van der Waals surface area contributed by atoms with Crippen molar-refractivity contribution in [3.63, 3.8) is 0 Å². The van der Waals surface area contributed by atoms with Crippen LogP contribution in [0.5, 0.6) is 0 Å². The van der Waals surface area contributed by atoms with Gasteiger partial charge in [0.25, 0.3) is 0 Å². The molecular weight excluding hydrogens is 320 g/mol. The molecule has 0 bridgehead atoms. The van der Waals surface area contributed by atoms with E-state index in [4.69, 9.17) is 4.74 Å². The van der Waals surface area contributed by atoms with Gasteiger partial charge in [-0.3, -0.25) is 14.2 Å². The summed E-state index contributed by atoms with van der Waals surface area (Å²) in [7, 11) is 3.52. The predicted molar refractivity (Wildman–Crippen MR) is 92.2 cm³/mol. The molecule has 1 fully saturated rings. The van der Waals surface area contributed by atoms with E-state index in [1.54, 1.807) is 11.8 Å². The summed E-state index contributed by atoms with van der Waals surface area (Å²) in [4.78, 5) is 14.7. The van der Waals surface area contributed by atoms with E-state index >= 15 is 0 Å². The Morgan fingerprint density at radius 2 is 2.12 bits per heavy atom. The Bertz CT molecular complexity index is 765. The zero-order valence-electron chi connectivity index (χ0n) is 15.6. The normalized spacial score (nSPS) is 20.4. The lowest BCUT2D eigenvalue weighted by Crippen LogP contribution is -2.31. The Morgan fingerprint density at radius 3 is 2.68 bits per heavy atom. The van der Waals surface area contributed by atoms with Crippen LogP contribution in [0.15, 0.2) is 6.20 Å². The molecule has 3 rings (SSSR count). The van der Waals surface area contributed by atoms with Gasteiger partial charge in [0, 0.05) is 51.2 Å². The molecule has 0 unspecified atom stereocenters. The summed E-state index contributed by atoms with van der Waals surface area (Å²) in [5, 5.41) is 12.7. The minimum Gasteiger partial charge on any atom is -0.379 e. The van der Waals surface area contributed by atoms with E-state index in [1.807, 2.05) is 36.7 Å². The molecule has 25 heavy (non-hydrogen) atoms. The van der Waals surface area contributed by atoms with Crippen molar-refractivity contribution in [2.24, 2.45) is 7.05 Å². The number of methoxy groups -OCH3 is 1. The molecule has 2 atom stereocenters. The highest BCUT2D eigenvalue weighted by Crippen LogP contribution is 2.29. The van der Waals surface area contributed by atoms with Gasteiger partial charge in [-0.15, -0.1) is 5.10 Å². The SMILES string of the molecule is CCn1nc(C)c(CC(=O)N2C[C@@H](OC)[C@H](c3cn(C)nn3)C2)c1C. The van der Waals surface area contributed by atoms with Gasteiger partial charge in [-0.05, 0) is 20.8 Å². The lowest BCUT2D eigenvalue weighted by Gasteiger charge is -2.16. The second-order valence-electron chi connectivity index (χ2n) is 6.64. The molecule has 8 nitrogen and oxygen atoms in total. The minimum atomic E-state index is -0.0544. The molecule has 1 aliphatic rings. The van der Waals surface area contributed by atoms with Crippen molar-refractivity contribution in [2.45, 2.75) is 45.8 Å². The smallest absolute Gasteiger partial charge is 0.227 e. The second kappa shape index (κ2) is 6.95. The molecule has 0 aliphatic carbocycles. The monoisotopic (exact) mass is 346 g/mol. The number of ether oxygens (including phenoxy) is 1. The number of carbonyl (C=O) groups excluding carboxylic acids is 1. The van der Waals surface area contributed by atoms with Crippen molar-refractivity contribution in [2.75, 3.05) is 20.2 Å². The summed E-state index contributed by atoms with van der Waals surface area (Å²) < 4.78 is 9.23. The first-order chi connectivity index (χ1) is 11.9. The molecule has 0 N–H and O–H groups in total. The minimum absolute atomic E-state index is 0.0544. The van der Waals surface area contributed by atoms with Crippen LogP contribution in [0.2, 0.25) is 0 Å². The van der Waals surface area contributed by atoms with Gasteiger partial charge in [0.15, 0.2) is 0 Å². The molecular formula is C17H26N6O2. The number of amides is 1. The molecule has 1 amide bonds. The fourth-order valence-electron chi connectivity index (χ4n) is 3.60. The van der Waals surface area contributed by atoms with Crippen molar-refractivity contribution < 1.29 is 9.53 Å². The molecule has 0 radical (unpaired) electrons. The first-order valence-corrected chi connectivity index (χ1v) is 8.64. The third-order valence-corrected chi connectivity index (χ3v) is 5.08.